The number of carbonyl (C=O) groups is 3. The van der Waals surface area contributed by atoms with E-state index in [2.05, 4.69) is 16.7 Å². The summed E-state index contributed by atoms with van der Waals surface area (Å²) in [4.78, 5) is 37.3. The van der Waals surface area contributed by atoms with Gasteiger partial charge >= 0.3 is 5.97 Å². The summed E-state index contributed by atoms with van der Waals surface area (Å²) >= 11 is 0. The van der Waals surface area contributed by atoms with Gasteiger partial charge in [-0.25, -0.2) is 4.79 Å². The molecule has 0 radical (unpaired) electrons. The molecule has 0 saturated carbocycles. The standard InChI is InChI=1S/C21H29N3O4/c1-13(2)17(23-19(26)16-10-8-7-9-11-16)20(27)28-15(5)18(25)24-21(6,12-22)14(3)4/h7-11,13-15,17H,1-6H3,(H,23,26)(H,24,25). The van der Waals surface area contributed by atoms with Crippen molar-refractivity contribution in [3.8, 4) is 6.07 Å². The minimum absolute atomic E-state index is 0.127. The molecule has 0 aliphatic heterocycles. The Morgan fingerprint density at radius 2 is 1.64 bits per heavy atom. The second kappa shape index (κ2) is 9.88. The van der Waals surface area contributed by atoms with Gasteiger partial charge in [-0.3, -0.25) is 9.59 Å². The smallest absolute Gasteiger partial charge is 0.329 e. The predicted octanol–water partition coefficient (Wildman–Crippen LogP) is 2.43. The molecule has 1 aromatic carbocycles. The van der Waals surface area contributed by atoms with E-state index in [-0.39, 0.29) is 11.8 Å². The van der Waals surface area contributed by atoms with Gasteiger partial charge in [0.2, 0.25) is 0 Å². The highest BCUT2D eigenvalue weighted by molar-refractivity contribution is 5.97. The van der Waals surface area contributed by atoms with E-state index in [1.165, 1.54) is 6.92 Å². The molecule has 0 spiro atoms. The third kappa shape index (κ3) is 6.08. The molecule has 7 heteroatoms. The number of amides is 2. The Hall–Kier alpha value is -2.88. The van der Waals surface area contributed by atoms with Crippen molar-refractivity contribution in [2.75, 3.05) is 0 Å². The Balaban J connectivity index is 2.79. The second-order valence-corrected chi connectivity index (χ2v) is 7.60. The average molecular weight is 387 g/mol. The molecule has 0 bridgehead atoms. The first-order valence-electron chi connectivity index (χ1n) is 9.31. The van der Waals surface area contributed by atoms with Crippen LogP contribution in [0, 0.1) is 23.2 Å². The maximum atomic E-state index is 12.6. The number of nitrogens with one attached hydrogen (secondary N) is 2. The molecule has 1 aromatic rings. The van der Waals surface area contributed by atoms with Gasteiger partial charge in [0.05, 0.1) is 6.07 Å². The summed E-state index contributed by atoms with van der Waals surface area (Å²) in [5.41, 5.74) is -0.648. The third-order valence-corrected chi connectivity index (χ3v) is 4.68. The van der Waals surface area contributed by atoms with E-state index in [4.69, 9.17) is 4.74 Å². The lowest BCUT2D eigenvalue weighted by Gasteiger charge is -2.29. The van der Waals surface area contributed by atoms with Gasteiger partial charge in [0.25, 0.3) is 11.8 Å². The van der Waals surface area contributed by atoms with Crippen LogP contribution >= 0.6 is 0 Å². The summed E-state index contributed by atoms with van der Waals surface area (Å²) in [5, 5.41) is 14.6. The number of nitriles is 1. The van der Waals surface area contributed by atoms with Crippen molar-refractivity contribution < 1.29 is 19.1 Å². The van der Waals surface area contributed by atoms with Crippen molar-refractivity contribution >= 4 is 17.8 Å². The van der Waals surface area contributed by atoms with Crippen molar-refractivity contribution in [2.45, 2.75) is 59.2 Å². The van der Waals surface area contributed by atoms with Gasteiger partial charge in [-0.15, -0.1) is 0 Å². The first kappa shape index (κ1) is 23.2. The molecule has 7 nitrogen and oxygen atoms in total. The van der Waals surface area contributed by atoms with E-state index in [9.17, 15) is 19.6 Å². The van der Waals surface area contributed by atoms with E-state index in [0.717, 1.165) is 0 Å². The first-order chi connectivity index (χ1) is 13.0. The fourth-order valence-corrected chi connectivity index (χ4v) is 2.27. The van der Waals surface area contributed by atoms with Crippen LogP contribution < -0.4 is 10.6 Å². The van der Waals surface area contributed by atoms with E-state index < -0.39 is 35.5 Å². The summed E-state index contributed by atoms with van der Waals surface area (Å²) in [6, 6.07) is 9.69. The Labute approximate surface area is 166 Å². The van der Waals surface area contributed by atoms with Gasteiger partial charge in [-0.1, -0.05) is 45.9 Å². The normalized spacial score (nSPS) is 15.1. The molecule has 3 unspecified atom stereocenters. The van der Waals surface area contributed by atoms with Crippen LogP contribution in [-0.4, -0.2) is 35.5 Å². The van der Waals surface area contributed by atoms with Gasteiger partial charge in [-0.05, 0) is 37.8 Å². The minimum Gasteiger partial charge on any atom is -0.451 e. The zero-order valence-electron chi connectivity index (χ0n) is 17.3. The number of rotatable bonds is 8. The number of hydrogen-bond donors (Lipinski definition) is 2. The summed E-state index contributed by atoms with van der Waals surface area (Å²) in [6.07, 6.45) is -1.10. The van der Waals surface area contributed by atoms with Crippen LogP contribution in [0.2, 0.25) is 0 Å². The Morgan fingerprint density at radius 3 is 2.11 bits per heavy atom. The zero-order valence-corrected chi connectivity index (χ0v) is 17.3. The predicted molar refractivity (Wildman–Crippen MR) is 105 cm³/mol. The van der Waals surface area contributed by atoms with Gasteiger partial charge in [0.15, 0.2) is 6.10 Å². The van der Waals surface area contributed by atoms with Crippen LogP contribution in [0.4, 0.5) is 0 Å². The molecule has 0 fully saturated rings. The van der Waals surface area contributed by atoms with Crippen molar-refractivity contribution in [3.05, 3.63) is 35.9 Å². The molecule has 1 rings (SSSR count). The minimum atomic E-state index is -1.10. The average Bonchev–Trinajstić information content (AvgIpc) is 2.65. The maximum absolute atomic E-state index is 12.6. The molecular weight excluding hydrogens is 358 g/mol. The summed E-state index contributed by atoms with van der Waals surface area (Å²) < 4.78 is 5.27. The lowest BCUT2D eigenvalue weighted by Crippen LogP contribution is -2.53. The summed E-state index contributed by atoms with van der Waals surface area (Å²) in [5.74, 6) is -2.04. The van der Waals surface area contributed by atoms with Crippen LogP contribution in [0.25, 0.3) is 0 Å². The van der Waals surface area contributed by atoms with Crippen LogP contribution in [0.3, 0.4) is 0 Å². The van der Waals surface area contributed by atoms with Crippen LogP contribution in [0.5, 0.6) is 0 Å². The number of esters is 1. The molecule has 28 heavy (non-hydrogen) atoms. The van der Waals surface area contributed by atoms with Gasteiger partial charge in [0.1, 0.15) is 11.6 Å². The molecule has 3 atom stereocenters. The number of nitrogens with zero attached hydrogens (tertiary/aromatic N) is 1. The maximum Gasteiger partial charge on any atom is 0.329 e. The molecule has 2 amide bonds. The lowest BCUT2D eigenvalue weighted by atomic mass is 9.90. The molecule has 152 valence electrons. The van der Waals surface area contributed by atoms with E-state index in [1.54, 1.807) is 51.1 Å². The topological polar surface area (TPSA) is 108 Å². The Morgan fingerprint density at radius 1 is 1.07 bits per heavy atom. The fourth-order valence-electron chi connectivity index (χ4n) is 2.27. The Kier molecular flexibility index (Phi) is 8.17. The SMILES string of the molecule is CC(OC(=O)C(NC(=O)c1ccccc1)C(C)C)C(=O)NC(C)(C#N)C(C)C. The fraction of sp³-hybridized carbons (Fsp3) is 0.524. The number of benzene rings is 1. The van der Waals surface area contributed by atoms with E-state index in [0.29, 0.717) is 5.56 Å². The highest BCUT2D eigenvalue weighted by atomic mass is 16.5. The molecule has 0 aliphatic carbocycles. The van der Waals surface area contributed by atoms with Gasteiger partial charge in [0, 0.05) is 5.56 Å². The zero-order chi connectivity index (χ0) is 21.5. The van der Waals surface area contributed by atoms with E-state index in [1.807, 2.05) is 13.8 Å². The van der Waals surface area contributed by atoms with Crippen molar-refractivity contribution in [1.82, 2.24) is 10.6 Å². The number of hydrogen-bond acceptors (Lipinski definition) is 5. The molecule has 0 aliphatic rings. The van der Waals surface area contributed by atoms with Crippen molar-refractivity contribution in [1.29, 1.82) is 5.26 Å². The molecule has 0 saturated heterocycles. The Bertz CT molecular complexity index is 740. The monoisotopic (exact) mass is 387 g/mol. The largest absolute Gasteiger partial charge is 0.451 e. The van der Waals surface area contributed by atoms with Crippen LogP contribution in [0.1, 0.15) is 51.9 Å². The van der Waals surface area contributed by atoms with Gasteiger partial charge < -0.3 is 15.4 Å². The molecular formula is C21H29N3O4. The quantitative estimate of drug-likeness (QED) is 0.666. The van der Waals surface area contributed by atoms with Crippen molar-refractivity contribution in [3.63, 3.8) is 0 Å². The number of ether oxygens (including phenoxy) is 1. The highest BCUT2D eigenvalue weighted by Crippen LogP contribution is 2.16. The first-order valence-corrected chi connectivity index (χ1v) is 9.31. The molecule has 0 heterocycles. The lowest BCUT2D eigenvalue weighted by molar-refractivity contribution is -0.158. The van der Waals surface area contributed by atoms with E-state index >= 15 is 0 Å². The van der Waals surface area contributed by atoms with Gasteiger partial charge in [-0.2, -0.15) is 5.26 Å². The third-order valence-electron chi connectivity index (χ3n) is 4.68. The van der Waals surface area contributed by atoms with Crippen LogP contribution in [-0.2, 0) is 14.3 Å². The highest BCUT2D eigenvalue weighted by Gasteiger charge is 2.34. The van der Waals surface area contributed by atoms with Crippen LogP contribution in [0.15, 0.2) is 30.3 Å². The van der Waals surface area contributed by atoms with Crippen molar-refractivity contribution in [2.24, 2.45) is 11.8 Å². The summed E-state index contributed by atoms with van der Waals surface area (Å²) in [7, 11) is 0. The molecule has 0 aromatic heterocycles. The summed E-state index contributed by atoms with van der Waals surface area (Å²) in [6.45, 7) is 10.2. The second-order valence-electron chi connectivity index (χ2n) is 7.60. The molecule has 2 N–H and O–H groups in total. The number of carbonyl (C=O) groups excluding carboxylic acids is 3.